The van der Waals surface area contributed by atoms with Gasteiger partial charge in [0.2, 0.25) is 0 Å². The van der Waals surface area contributed by atoms with E-state index in [1.165, 1.54) is 6.42 Å². The molecule has 0 unspecified atom stereocenters. The SMILES string of the molecule is C1=CN2CCCCON2C=C1. The molecule has 0 N–H and O–H groups in total. The fourth-order valence-electron chi connectivity index (χ4n) is 1.25. The van der Waals surface area contributed by atoms with Gasteiger partial charge >= 0.3 is 0 Å². The molecule has 2 rings (SSSR count). The molecule has 0 radical (unpaired) electrons. The molecular weight excluding hydrogens is 140 g/mol. The highest BCUT2D eigenvalue weighted by Crippen LogP contribution is 2.12. The molecule has 11 heavy (non-hydrogen) atoms. The second-order valence-electron chi connectivity index (χ2n) is 2.69. The van der Waals surface area contributed by atoms with Gasteiger partial charge in [0.1, 0.15) is 0 Å². The number of rotatable bonds is 0. The number of allylic oxidation sites excluding steroid dienone is 2. The van der Waals surface area contributed by atoms with Crippen molar-refractivity contribution in [2.75, 3.05) is 13.2 Å². The average molecular weight is 152 g/mol. The minimum Gasteiger partial charge on any atom is -0.269 e. The Morgan fingerprint density at radius 1 is 1.09 bits per heavy atom. The van der Waals surface area contributed by atoms with Crippen LogP contribution in [0.4, 0.5) is 0 Å². The maximum absolute atomic E-state index is 5.43. The fraction of sp³-hybridized carbons (Fsp3) is 0.500. The van der Waals surface area contributed by atoms with Gasteiger partial charge in [-0.05, 0) is 25.0 Å². The van der Waals surface area contributed by atoms with Gasteiger partial charge in [-0.1, -0.05) is 0 Å². The molecule has 0 saturated carbocycles. The predicted molar refractivity (Wildman–Crippen MR) is 42.0 cm³/mol. The van der Waals surface area contributed by atoms with Gasteiger partial charge in [0.25, 0.3) is 0 Å². The number of nitrogens with zero attached hydrogens (tertiary/aromatic N) is 2. The lowest BCUT2D eigenvalue weighted by Gasteiger charge is -2.30. The molecule has 3 heteroatoms. The zero-order valence-electron chi connectivity index (χ0n) is 6.44. The lowest BCUT2D eigenvalue weighted by molar-refractivity contribution is -0.221. The van der Waals surface area contributed by atoms with Crippen LogP contribution in [0.5, 0.6) is 0 Å². The summed E-state index contributed by atoms with van der Waals surface area (Å²) in [6.07, 6.45) is 10.3. The first-order valence-corrected chi connectivity index (χ1v) is 4.00. The molecule has 2 heterocycles. The minimum atomic E-state index is 0.828. The quantitative estimate of drug-likeness (QED) is 0.520. The molecule has 2 aliphatic rings. The zero-order valence-corrected chi connectivity index (χ0v) is 6.44. The standard InChI is InChI=1S/C8H12N2O/c1-2-7-10-9(5-1)6-3-4-8-11-10/h1-2,5,7H,3-4,6,8H2. The number of hydrogen-bond acceptors (Lipinski definition) is 3. The summed E-state index contributed by atoms with van der Waals surface area (Å²) in [7, 11) is 0. The van der Waals surface area contributed by atoms with Gasteiger partial charge in [-0.15, -0.1) is 0 Å². The Kier molecular flexibility index (Phi) is 1.81. The number of hydroxylamine groups is 1. The topological polar surface area (TPSA) is 15.7 Å². The van der Waals surface area contributed by atoms with Gasteiger partial charge in [0.15, 0.2) is 0 Å². The zero-order chi connectivity index (χ0) is 7.52. The van der Waals surface area contributed by atoms with Crippen LogP contribution in [0.2, 0.25) is 0 Å². The van der Waals surface area contributed by atoms with E-state index in [0.717, 1.165) is 19.6 Å². The van der Waals surface area contributed by atoms with Gasteiger partial charge in [-0.2, -0.15) is 5.17 Å². The molecule has 0 atom stereocenters. The summed E-state index contributed by atoms with van der Waals surface area (Å²) < 4.78 is 0. The molecule has 1 saturated heterocycles. The molecule has 1 fully saturated rings. The monoisotopic (exact) mass is 152 g/mol. The number of hydrogen-bond donors (Lipinski definition) is 0. The van der Waals surface area contributed by atoms with Crippen molar-refractivity contribution in [1.82, 2.24) is 10.2 Å². The highest BCUT2D eigenvalue weighted by atomic mass is 16.7. The lowest BCUT2D eigenvalue weighted by atomic mass is 10.3. The average Bonchev–Trinajstić information content (AvgIpc) is 2.28. The van der Waals surface area contributed by atoms with Crippen molar-refractivity contribution in [3.05, 3.63) is 24.6 Å². The fourth-order valence-corrected chi connectivity index (χ4v) is 1.25. The first kappa shape index (κ1) is 6.73. The second kappa shape index (κ2) is 2.96. The van der Waals surface area contributed by atoms with Gasteiger partial charge in [0, 0.05) is 12.7 Å². The van der Waals surface area contributed by atoms with E-state index in [1.54, 1.807) is 5.17 Å². The smallest absolute Gasteiger partial charge is 0.0771 e. The van der Waals surface area contributed by atoms with Crippen LogP contribution in [0, 0.1) is 0 Å². The molecule has 0 aliphatic carbocycles. The highest BCUT2D eigenvalue weighted by molar-refractivity contribution is 5.04. The summed E-state index contributed by atoms with van der Waals surface area (Å²) in [6.45, 7) is 1.88. The van der Waals surface area contributed by atoms with Crippen LogP contribution in [0.25, 0.3) is 0 Å². The third kappa shape index (κ3) is 1.38. The largest absolute Gasteiger partial charge is 0.269 e. The van der Waals surface area contributed by atoms with E-state index in [9.17, 15) is 0 Å². The Bertz CT molecular complexity index is 169. The molecule has 0 spiro atoms. The maximum Gasteiger partial charge on any atom is 0.0771 e. The van der Waals surface area contributed by atoms with Crippen molar-refractivity contribution in [3.8, 4) is 0 Å². The summed E-state index contributed by atoms with van der Waals surface area (Å²) in [6, 6.07) is 0. The van der Waals surface area contributed by atoms with Crippen LogP contribution in [-0.4, -0.2) is 23.3 Å². The van der Waals surface area contributed by atoms with E-state index in [4.69, 9.17) is 4.84 Å². The van der Waals surface area contributed by atoms with Crippen molar-refractivity contribution in [3.63, 3.8) is 0 Å². The van der Waals surface area contributed by atoms with Gasteiger partial charge in [-0.25, -0.2) is 0 Å². The first-order chi connectivity index (χ1) is 5.47. The Morgan fingerprint density at radius 3 is 3.00 bits per heavy atom. The Balaban J connectivity index is 2.07. The van der Waals surface area contributed by atoms with E-state index in [2.05, 4.69) is 5.01 Å². The maximum atomic E-state index is 5.43. The number of fused-ring (bicyclic) bond motifs is 1. The highest BCUT2D eigenvalue weighted by Gasteiger charge is 2.13. The van der Waals surface area contributed by atoms with Gasteiger partial charge in [0.05, 0.1) is 12.8 Å². The van der Waals surface area contributed by atoms with E-state index < -0.39 is 0 Å². The van der Waals surface area contributed by atoms with Crippen molar-refractivity contribution < 1.29 is 4.84 Å². The predicted octanol–water partition coefficient (Wildman–Crippen LogP) is 1.27. The van der Waals surface area contributed by atoms with Crippen LogP contribution in [-0.2, 0) is 4.84 Å². The van der Waals surface area contributed by atoms with Gasteiger partial charge in [-0.3, -0.25) is 9.85 Å². The normalized spacial score (nSPS) is 23.3. The molecule has 60 valence electrons. The third-order valence-electron chi connectivity index (χ3n) is 1.84. The summed E-state index contributed by atoms with van der Waals surface area (Å²) in [5.41, 5.74) is 0. The molecule has 0 aromatic rings. The molecule has 0 aromatic carbocycles. The van der Waals surface area contributed by atoms with Crippen LogP contribution in [0.15, 0.2) is 24.6 Å². The minimum absolute atomic E-state index is 0.828. The molecule has 0 bridgehead atoms. The van der Waals surface area contributed by atoms with Crippen molar-refractivity contribution >= 4 is 0 Å². The van der Waals surface area contributed by atoms with E-state index in [0.29, 0.717) is 0 Å². The van der Waals surface area contributed by atoms with E-state index >= 15 is 0 Å². The third-order valence-corrected chi connectivity index (χ3v) is 1.84. The van der Waals surface area contributed by atoms with E-state index in [1.807, 2.05) is 24.6 Å². The van der Waals surface area contributed by atoms with Crippen molar-refractivity contribution in [2.24, 2.45) is 0 Å². The van der Waals surface area contributed by atoms with Crippen molar-refractivity contribution in [1.29, 1.82) is 0 Å². The van der Waals surface area contributed by atoms with Crippen LogP contribution >= 0.6 is 0 Å². The summed E-state index contributed by atoms with van der Waals surface area (Å²) in [5, 5.41) is 3.88. The van der Waals surface area contributed by atoms with E-state index in [-0.39, 0.29) is 0 Å². The van der Waals surface area contributed by atoms with Crippen LogP contribution in [0.1, 0.15) is 12.8 Å². The summed E-state index contributed by atoms with van der Waals surface area (Å²) in [5.74, 6) is 0. The molecular formula is C8H12N2O. The number of hydrazine groups is 1. The Hall–Kier alpha value is -0.960. The molecule has 3 nitrogen and oxygen atoms in total. The van der Waals surface area contributed by atoms with Crippen LogP contribution < -0.4 is 0 Å². The summed E-state index contributed by atoms with van der Waals surface area (Å²) >= 11 is 0. The first-order valence-electron chi connectivity index (χ1n) is 4.00. The lowest BCUT2D eigenvalue weighted by Crippen LogP contribution is -2.34. The second-order valence-corrected chi connectivity index (χ2v) is 2.69. The summed E-state index contributed by atoms with van der Waals surface area (Å²) in [4.78, 5) is 5.43. The molecule has 0 aromatic heterocycles. The molecule has 2 aliphatic heterocycles. The Labute approximate surface area is 66.5 Å². The Morgan fingerprint density at radius 2 is 2.00 bits per heavy atom. The van der Waals surface area contributed by atoms with Crippen LogP contribution in [0.3, 0.4) is 0 Å². The van der Waals surface area contributed by atoms with Gasteiger partial charge < -0.3 is 0 Å². The molecule has 0 amide bonds. The van der Waals surface area contributed by atoms with Crippen molar-refractivity contribution in [2.45, 2.75) is 12.8 Å².